The van der Waals surface area contributed by atoms with Crippen LogP contribution in [-0.2, 0) is 0 Å². The van der Waals surface area contributed by atoms with Gasteiger partial charge in [-0.2, -0.15) is 0 Å². The normalized spacial score (nSPS) is 10.7. The molecular formula is C18H13N5OS. The fraction of sp³-hybridized carbons (Fsp3) is 0. The summed E-state index contributed by atoms with van der Waals surface area (Å²) < 4.78 is 0. The summed E-state index contributed by atoms with van der Waals surface area (Å²) in [5.41, 5.74) is 9.06. The highest BCUT2D eigenvalue weighted by atomic mass is 32.1. The van der Waals surface area contributed by atoms with E-state index in [1.807, 2.05) is 24.3 Å². The van der Waals surface area contributed by atoms with E-state index in [2.05, 4.69) is 20.3 Å². The Labute approximate surface area is 147 Å². The van der Waals surface area contributed by atoms with Crippen molar-refractivity contribution in [2.24, 2.45) is 0 Å². The average Bonchev–Trinajstić information content (AvgIpc) is 2.99. The molecule has 0 aliphatic carbocycles. The lowest BCUT2D eigenvalue weighted by molar-refractivity contribution is 0.103. The first-order chi connectivity index (χ1) is 12.2. The summed E-state index contributed by atoms with van der Waals surface area (Å²) in [4.78, 5) is 26.3. The predicted octanol–water partition coefficient (Wildman–Crippen LogP) is 3.59. The van der Waals surface area contributed by atoms with Gasteiger partial charge in [0.1, 0.15) is 9.71 Å². The van der Waals surface area contributed by atoms with E-state index in [-0.39, 0.29) is 5.91 Å². The molecule has 4 aromatic rings. The van der Waals surface area contributed by atoms with Crippen LogP contribution in [0.1, 0.15) is 9.67 Å². The molecule has 4 heterocycles. The Morgan fingerprint density at radius 3 is 2.36 bits per heavy atom. The molecule has 0 aliphatic heterocycles. The largest absolute Gasteiger partial charge is 0.397 e. The Morgan fingerprint density at radius 2 is 1.64 bits per heavy atom. The van der Waals surface area contributed by atoms with Crippen LogP contribution < -0.4 is 11.1 Å². The molecule has 0 saturated carbocycles. The molecule has 4 aromatic heterocycles. The summed E-state index contributed by atoms with van der Waals surface area (Å²) in [5.74, 6) is -0.253. The van der Waals surface area contributed by atoms with Crippen molar-refractivity contribution in [2.45, 2.75) is 0 Å². The number of anilines is 2. The molecule has 6 nitrogen and oxygen atoms in total. The Hall–Kier alpha value is -3.32. The van der Waals surface area contributed by atoms with E-state index in [9.17, 15) is 4.79 Å². The molecule has 0 aliphatic rings. The molecule has 0 atom stereocenters. The molecule has 0 bridgehead atoms. The molecule has 0 unspecified atom stereocenters. The van der Waals surface area contributed by atoms with Crippen molar-refractivity contribution >= 4 is 38.8 Å². The van der Waals surface area contributed by atoms with E-state index in [1.165, 1.54) is 11.3 Å². The van der Waals surface area contributed by atoms with E-state index >= 15 is 0 Å². The molecule has 0 radical (unpaired) electrons. The number of hydrogen-bond acceptors (Lipinski definition) is 6. The maximum atomic E-state index is 12.5. The van der Waals surface area contributed by atoms with Crippen LogP contribution in [0.2, 0.25) is 0 Å². The first-order valence-corrected chi connectivity index (χ1v) is 8.35. The van der Waals surface area contributed by atoms with E-state index in [0.717, 1.165) is 21.5 Å². The molecule has 0 saturated heterocycles. The molecule has 0 aromatic carbocycles. The average molecular weight is 347 g/mol. The number of hydrogen-bond donors (Lipinski definition) is 2. The van der Waals surface area contributed by atoms with Crippen LogP contribution in [-0.4, -0.2) is 20.9 Å². The van der Waals surface area contributed by atoms with Gasteiger partial charge < -0.3 is 11.1 Å². The minimum absolute atomic E-state index is 0.253. The molecule has 0 spiro atoms. The highest BCUT2D eigenvalue weighted by Crippen LogP contribution is 2.34. The van der Waals surface area contributed by atoms with Gasteiger partial charge in [0.2, 0.25) is 0 Å². The number of nitrogens with two attached hydrogens (primary N) is 1. The molecule has 1 amide bonds. The second kappa shape index (κ2) is 6.29. The second-order valence-electron chi connectivity index (χ2n) is 5.32. The number of rotatable bonds is 3. The van der Waals surface area contributed by atoms with Gasteiger partial charge in [0, 0.05) is 41.4 Å². The lowest BCUT2D eigenvalue weighted by atomic mass is 10.1. The first kappa shape index (κ1) is 15.2. The molecule has 25 heavy (non-hydrogen) atoms. The van der Waals surface area contributed by atoms with Crippen molar-refractivity contribution in [3.8, 4) is 11.3 Å². The zero-order valence-corrected chi connectivity index (χ0v) is 13.8. The quantitative estimate of drug-likeness (QED) is 0.591. The topological polar surface area (TPSA) is 93.8 Å². The van der Waals surface area contributed by atoms with Crippen molar-refractivity contribution in [1.82, 2.24) is 15.0 Å². The number of aromatic nitrogens is 3. The standard InChI is InChI=1S/C18H13N5OS/c19-15-13-1-2-14(11-3-7-20-8-4-11)23-18(13)25-16(15)17(24)22-12-5-9-21-10-6-12/h1-10H,19H2,(H,21,22,24). The summed E-state index contributed by atoms with van der Waals surface area (Å²) in [6.45, 7) is 0. The maximum absolute atomic E-state index is 12.5. The lowest BCUT2D eigenvalue weighted by Crippen LogP contribution is -2.11. The van der Waals surface area contributed by atoms with Gasteiger partial charge in [-0.15, -0.1) is 11.3 Å². The van der Waals surface area contributed by atoms with Gasteiger partial charge in [0.15, 0.2) is 0 Å². The smallest absolute Gasteiger partial charge is 0.267 e. The molecule has 0 fully saturated rings. The number of nitrogen functional groups attached to an aromatic ring is 1. The summed E-state index contributed by atoms with van der Waals surface area (Å²) in [6, 6.07) is 11.0. The van der Waals surface area contributed by atoms with Crippen LogP contribution in [0.3, 0.4) is 0 Å². The number of amides is 1. The number of thiophene rings is 1. The predicted molar refractivity (Wildman–Crippen MR) is 99.5 cm³/mol. The number of pyridine rings is 3. The van der Waals surface area contributed by atoms with Crippen molar-refractivity contribution in [3.63, 3.8) is 0 Å². The molecule has 3 N–H and O–H groups in total. The summed E-state index contributed by atoms with van der Waals surface area (Å²) in [5, 5.41) is 3.60. The summed E-state index contributed by atoms with van der Waals surface area (Å²) in [7, 11) is 0. The zero-order chi connectivity index (χ0) is 17.2. The number of carbonyl (C=O) groups is 1. The third-order valence-corrected chi connectivity index (χ3v) is 4.83. The van der Waals surface area contributed by atoms with Gasteiger partial charge in [-0.3, -0.25) is 14.8 Å². The van der Waals surface area contributed by atoms with Crippen LogP contribution in [0.4, 0.5) is 11.4 Å². The second-order valence-corrected chi connectivity index (χ2v) is 6.32. The monoisotopic (exact) mass is 347 g/mol. The lowest BCUT2D eigenvalue weighted by Gasteiger charge is -2.03. The van der Waals surface area contributed by atoms with Gasteiger partial charge in [0.05, 0.1) is 11.4 Å². The minimum Gasteiger partial charge on any atom is -0.397 e. The Balaban J connectivity index is 1.71. The minimum atomic E-state index is -0.253. The highest BCUT2D eigenvalue weighted by molar-refractivity contribution is 7.21. The molecule has 122 valence electrons. The fourth-order valence-corrected chi connectivity index (χ4v) is 3.46. The fourth-order valence-electron chi connectivity index (χ4n) is 2.47. The van der Waals surface area contributed by atoms with Crippen LogP contribution in [0, 0.1) is 0 Å². The van der Waals surface area contributed by atoms with Crippen LogP contribution in [0.25, 0.3) is 21.5 Å². The number of fused-ring (bicyclic) bond motifs is 1. The van der Waals surface area contributed by atoms with E-state index in [4.69, 9.17) is 5.73 Å². The van der Waals surface area contributed by atoms with E-state index in [0.29, 0.717) is 16.3 Å². The zero-order valence-electron chi connectivity index (χ0n) is 13.0. The number of nitrogens with one attached hydrogen (secondary N) is 1. The van der Waals surface area contributed by atoms with Crippen molar-refractivity contribution < 1.29 is 4.79 Å². The third kappa shape index (κ3) is 2.92. The van der Waals surface area contributed by atoms with Gasteiger partial charge in [-0.25, -0.2) is 4.98 Å². The van der Waals surface area contributed by atoms with Gasteiger partial charge in [-0.05, 0) is 36.4 Å². The summed E-state index contributed by atoms with van der Waals surface area (Å²) in [6.07, 6.45) is 6.67. The third-order valence-electron chi connectivity index (χ3n) is 3.71. The number of nitrogens with zero attached hydrogens (tertiary/aromatic N) is 3. The van der Waals surface area contributed by atoms with Crippen molar-refractivity contribution in [2.75, 3.05) is 11.1 Å². The van der Waals surface area contributed by atoms with Crippen molar-refractivity contribution in [1.29, 1.82) is 0 Å². The molecule has 4 rings (SSSR count). The Kier molecular flexibility index (Phi) is 3.83. The van der Waals surface area contributed by atoms with Gasteiger partial charge in [-0.1, -0.05) is 0 Å². The van der Waals surface area contributed by atoms with Crippen molar-refractivity contribution in [3.05, 3.63) is 66.1 Å². The van der Waals surface area contributed by atoms with Crippen LogP contribution in [0.5, 0.6) is 0 Å². The number of carbonyl (C=O) groups excluding carboxylic acids is 1. The first-order valence-electron chi connectivity index (χ1n) is 7.53. The van der Waals surface area contributed by atoms with E-state index < -0.39 is 0 Å². The van der Waals surface area contributed by atoms with Gasteiger partial charge in [0.25, 0.3) is 5.91 Å². The molecule has 7 heteroatoms. The van der Waals surface area contributed by atoms with Gasteiger partial charge >= 0.3 is 0 Å². The maximum Gasteiger partial charge on any atom is 0.267 e. The Bertz CT molecular complexity index is 1050. The highest BCUT2D eigenvalue weighted by Gasteiger charge is 2.18. The SMILES string of the molecule is Nc1c(C(=O)Nc2ccncc2)sc2nc(-c3ccncc3)ccc12. The van der Waals surface area contributed by atoms with E-state index in [1.54, 1.807) is 36.9 Å². The molecular weight excluding hydrogens is 334 g/mol. The Morgan fingerprint density at radius 1 is 0.960 bits per heavy atom. The van der Waals surface area contributed by atoms with Crippen LogP contribution in [0.15, 0.2) is 61.2 Å². The summed E-state index contributed by atoms with van der Waals surface area (Å²) >= 11 is 1.28. The van der Waals surface area contributed by atoms with Crippen LogP contribution >= 0.6 is 11.3 Å².